The van der Waals surface area contributed by atoms with Crippen LogP contribution in [0.2, 0.25) is 0 Å². The Labute approximate surface area is 114 Å². The number of carbonyl (C=O) groups is 1. The molecule has 1 saturated heterocycles. The summed E-state index contributed by atoms with van der Waals surface area (Å²) in [6.07, 6.45) is 0.942. The van der Waals surface area contributed by atoms with Crippen LogP contribution in [0.25, 0.3) is 0 Å². The second kappa shape index (κ2) is 5.21. The van der Waals surface area contributed by atoms with Gasteiger partial charge in [-0.15, -0.1) is 0 Å². The fraction of sp³-hybridized carbons (Fsp3) is 0.533. The number of benzene rings is 1. The summed E-state index contributed by atoms with van der Waals surface area (Å²) < 4.78 is 0. The van der Waals surface area contributed by atoms with Crippen molar-refractivity contribution in [1.29, 1.82) is 0 Å². The Hall–Kier alpha value is -1.55. The number of aryl methyl sites for hydroxylation is 2. The zero-order valence-electron chi connectivity index (χ0n) is 11.8. The standard InChI is InChI=1S/C15H22N2O2/c1-9-4-5-17(14(9)8-18)15(19)12-7-13(16)11(3)6-10(12)2/h6-7,9,14,18H,4-5,8,16H2,1-3H3. The Morgan fingerprint density at radius 2 is 2.11 bits per heavy atom. The van der Waals surface area contributed by atoms with Crippen LogP contribution in [0.3, 0.4) is 0 Å². The molecule has 1 aliphatic rings. The number of aliphatic hydroxyl groups excluding tert-OH is 1. The highest BCUT2D eigenvalue weighted by molar-refractivity contribution is 5.97. The fourth-order valence-corrected chi connectivity index (χ4v) is 2.79. The molecule has 1 heterocycles. The number of hydrogen-bond donors (Lipinski definition) is 2. The third-order valence-corrected chi connectivity index (χ3v) is 4.17. The van der Waals surface area contributed by atoms with Gasteiger partial charge in [-0.3, -0.25) is 4.79 Å². The van der Waals surface area contributed by atoms with Crippen LogP contribution in [0.4, 0.5) is 5.69 Å². The van der Waals surface area contributed by atoms with Gasteiger partial charge in [0, 0.05) is 17.8 Å². The van der Waals surface area contributed by atoms with Crippen LogP contribution in [0.15, 0.2) is 12.1 Å². The second-order valence-corrected chi connectivity index (χ2v) is 5.54. The minimum absolute atomic E-state index is 0.0207. The highest BCUT2D eigenvalue weighted by Crippen LogP contribution is 2.27. The molecule has 2 rings (SSSR count). The number of nitrogens with zero attached hydrogens (tertiary/aromatic N) is 1. The SMILES string of the molecule is Cc1cc(C)c(C(=O)N2CCC(C)C2CO)cc1N. The number of anilines is 1. The van der Waals surface area contributed by atoms with Crippen molar-refractivity contribution in [2.45, 2.75) is 33.2 Å². The van der Waals surface area contributed by atoms with Gasteiger partial charge in [-0.1, -0.05) is 13.0 Å². The molecule has 0 spiro atoms. The van der Waals surface area contributed by atoms with E-state index in [1.54, 1.807) is 11.0 Å². The molecule has 1 aromatic rings. The van der Waals surface area contributed by atoms with Crippen molar-refractivity contribution in [1.82, 2.24) is 4.90 Å². The minimum Gasteiger partial charge on any atom is -0.398 e. The van der Waals surface area contributed by atoms with E-state index in [1.807, 2.05) is 19.9 Å². The quantitative estimate of drug-likeness (QED) is 0.798. The maximum atomic E-state index is 12.6. The summed E-state index contributed by atoms with van der Waals surface area (Å²) in [5.74, 6) is 0.324. The van der Waals surface area contributed by atoms with Crippen LogP contribution in [-0.4, -0.2) is 35.1 Å². The summed E-state index contributed by atoms with van der Waals surface area (Å²) in [7, 11) is 0. The minimum atomic E-state index is -0.0746. The van der Waals surface area contributed by atoms with E-state index in [1.165, 1.54) is 0 Å². The average Bonchev–Trinajstić information content (AvgIpc) is 2.74. The molecule has 0 bridgehead atoms. The fourth-order valence-electron chi connectivity index (χ4n) is 2.79. The number of hydrogen-bond acceptors (Lipinski definition) is 3. The average molecular weight is 262 g/mol. The lowest BCUT2D eigenvalue weighted by atomic mass is 10.0. The molecule has 2 atom stereocenters. The maximum Gasteiger partial charge on any atom is 0.254 e. The number of carbonyl (C=O) groups excluding carboxylic acids is 1. The normalized spacial score (nSPS) is 22.8. The molecule has 4 heteroatoms. The topological polar surface area (TPSA) is 66.6 Å². The largest absolute Gasteiger partial charge is 0.398 e. The van der Waals surface area contributed by atoms with Crippen molar-refractivity contribution in [3.63, 3.8) is 0 Å². The van der Waals surface area contributed by atoms with Crippen molar-refractivity contribution < 1.29 is 9.90 Å². The van der Waals surface area contributed by atoms with Gasteiger partial charge in [0.05, 0.1) is 12.6 Å². The zero-order chi connectivity index (χ0) is 14.2. The monoisotopic (exact) mass is 262 g/mol. The van der Waals surface area contributed by atoms with Crippen LogP contribution >= 0.6 is 0 Å². The van der Waals surface area contributed by atoms with Crippen LogP contribution in [0.1, 0.15) is 34.8 Å². The smallest absolute Gasteiger partial charge is 0.254 e. The number of aliphatic hydroxyl groups is 1. The molecule has 3 N–H and O–H groups in total. The van der Waals surface area contributed by atoms with E-state index in [0.29, 0.717) is 23.7 Å². The lowest BCUT2D eigenvalue weighted by Gasteiger charge is -2.26. The molecule has 0 aromatic heterocycles. The Morgan fingerprint density at radius 3 is 2.74 bits per heavy atom. The number of likely N-dealkylation sites (tertiary alicyclic amines) is 1. The van der Waals surface area contributed by atoms with Crippen LogP contribution in [-0.2, 0) is 0 Å². The molecule has 4 nitrogen and oxygen atoms in total. The first-order valence-electron chi connectivity index (χ1n) is 6.74. The first-order chi connectivity index (χ1) is 8.95. The summed E-state index contributed by atoms with van der Waals surface area (Å²) >= 11 is 0. The summed E-state index contributed by atoms with van der Waals surface area (Å²) in [6.45, 7) is 6.66. The van der Waals surface area contributed by atoms with Gasteiger partial charge in [-0.25, -0.2) is 0 Å². The zero-order valence-corrected chi connectivity index (χ0v) is 11.8. The maximum absolute atomic E-state index is 12.6. The summed E-state index contributed by atoms with van der Waals surface area (Å²) in [5.41, 5.74) is 9.12. The van der Waals surface area contributed by atoms with Gasteiger partial charge in [-0.2, -0.15) is 0 Å². The molecule has 104 valence electrons. The molecule has 19 heavy (non-hydrogen) atoms. The molecule has 1 fully saturated rings. The molecule has 0 aliphatic carbocycles. The van der Waals surface area contributed by atoms with Crippen molar-refractivity contribution >= 4 is 11.6 Å². The van der Waals surface area contributed by atoms with Gasteiger partial charge in [0.25, 0.3) is 5.91 Å². The molecule has 1 aromatic carbocycles. The van der Waals surface area contributed by atoms with Crippen molar-refractivity contribution in [2.24, 2.45) is 5.92 Å². The van der Waals surface area contributed by atoms with Gasteiger partial charge in [-0.05, 0) is 43.4 Å². The molecular weight excluding hydrogens is 240 g/mol. The van der Waals surface area contributed by atoms with Gasteiger partial charge in [0.2, 0.25) is 0 Å². The van der Waals surface area contributed by atoms with E-state index >= 15 is 0 Å². The molecule has 2 unspecified atom stereocenters. The number of nitrogens with two attached hydrogens (primary N) is 1. The van der Waals surface area contributed by atoms with Gasteiger partial charge >= 0.3 is 0 Å². The summed E-state index contributed by atoms with van der Waals surface area (Å²) in [6, 6.07) is 3.62. The molecular formula is C15H22N2O2. The predicted octanol–water partition coefficient (Wildman–Crippen LogP) is 1.73. The number of amides is 1. The lowest BCUT2D eigenvalue weighted by molar-refractivity contribution is 0.0647. The van der Waals surface area contributed by atoms with E-state index in [-0.39, 0.29) is 18.6 Å². The first-order valence-corrected chi connectivity index (χ1v) is 6.74. The number of rotatable bonds is 2. The highest BCUT2D eigenvalue weighted by Gasteiger charge is 2.34. The predicted molar refractivity (Wildman–Crippen MR) is 76.0 cm³/mol. The van der Waals surface area contributed by atoms with E-state index in [0.717, 1.165) is 17.5 Å². The third kappa shape index (κ3) is 2.45. The Bertz CT molecular complexity index is 499. The lowest BCUT2D eigenvalue weighted by Crippen LogP contribution is -2.40. The van der Waals surface area contributed by atoms with Crippen molar-refractivity contribution in [2.75, 3.05) is 18.9 Å². The van der Waals surface area contributed by atoms with Crippen LogP contribution in [0, 0.1) is 19.8 Å². The van der Waals surface area contributed by atoms with E-state index in [2.05, 4.69) is 6.92 Å². The number of nitrogen functional groups attached to an aromatic ring is 1. The second-order valence-electron chi connectivity index (χ2n) is 5.54. The summed E-state index contributed by atoms with van der Waals surface area (Å²) in [4.78, 5) is 14.4. The van der Waals surface area contributed by atoms with Crippen LogP contribution < -0.4 is 5.73 Å². The third-order valence-electron chi connectivity index (χ3n) is 4.17. The van der Waals surface area contributed by atoms with Crippen molar-refractivity contribution in [3.05, 3.63) is 28.8 Å². The molecule has 0 saturated carbocycles. The highest BCUT2D eigenvalue weighted by atomic mass is 16.3. The van der Waals surface area contributed by atoms with E-state index in [9.17, 15) is 9.90 Å². The van der Waals surface area contributed by atoms with Gasteiger partial charge in [0.15, 0.2) is 0 Å². The Morgan fingerprint density at radius 1 is 1.42 bits per heavy atom. The van der Waals surface area contributed by atoms with E-state index in [4.69, 9.17) is 5.73 Å². The molecule has 1 aliphatic heterocycles. The summed E-state index contributed by atoms with van der Waals surface area (Å²) in [5, 5.41) is 9.45. The van der Waals surface area contributed by atoms with Crippen molar-refractivity contribution in [3.8, 4) is 0 Å². The Balaban J connectivity index is 2.32. The van der Waals surface area contributed by atoms with Gasteiger partial charge in [0.1, 0.15) is 0 Å². The molecule has 0 radical (unpaired) electrons. The van der Waals surface area contributed by atoms with Crippen LogP contribution in [0.5, 0.6) is 0 Å². The first kappa shape index (κ1) is 13.9. The molecule has 1 amide bonds. The van der Waals surface area contributed by atoms with E-state index < -0.39 is 0 Å². The Kier molecular flexibility index (Phi) is 3.80. The van der Waals surface area contributed by atoms with Gasteiger partial charge < -0.3 is 15.7 Å².